The first-order valence-corrected chi connectivity index (χ1v) is 3.87. The molecule has 0 rings (SSSR count). The molecule has 0 saturated carbocycles. The maximum Gasteiger partial charge on any atom is 1.00 e. The molecule has 0 heterocycles. The fraction of sp³-hybridized carbons (Fsp3) is 1.00. The average Bonchev–Trinajstić information content (AvgIpc) is 1.81. The van der Waals surface area contributed by atoms with Crippen LogP contribution in [0.4, 0.5) is 0 Å². The molecule has 0 aliphatic rings. The van der Waals surface area contributed by atoms with Crippen LogP contribution in [0.15, 0.2) is 0 Å². The zero-order valence-electron chi connectivity index (χ0n) is 9.37. The van der Waals surface area contributed by atoms with Gasteiger partial charge in [0, 0.05) is 0 Å². The first-order valence-electron chi connectivity index (χ1n) is 2.41. The molecule has 0 aliphatic heterocycles. The van der Waals surface area contributed by atoms with Gasteiger partial charge in [0.2, 0.25) is 0 Å². The van der Waals surface area contributed by atoms with E-state index in [4.69, 9.17) is 10.2 Å². The van der Waals surface area contributed by atoms with E-state index in [9.17, 15) is 14.4 Å². The second-order valence-electron chi connectivity index (χ2n) is 1.58. The van der Waals surface area contributed by atoms with E-state index in [1.54, 1.807) is 0 Å². The third kappa shape index (κ3) is 31.4. The molecule has 0 saturated heterocycles. The van der Waals surface area contributed by atoms with E-state index < -0.39 is 27.1 Å². The Kier molecular flexibility index (Phi) is 44.8. The summed E-state index contributed by atoms with van der Waals surface area (Å²) < 4.78 is 13.3. The van der Waals surface area contributed by atoms with Crippen LogP contribution in [-0.4, -0.2) is 29.5 Å². The topological polar surface area (TPSA) is 186 Å². The summed E-state index contributed by atoms with van der Waals surface area (Å²) in [4.78, 5) is 19.4. The quantitative estimate of drug-likeness (QED) is 0.293. The van der Waals surface area contributed by atoms with Crippen molar-refractivity contribution in [3.8, 4) is 0 Å². The Labute approximate surface area is 140 Å². The van der Waals surface area contributed by atoms with Crippen LogP contribution in [0.5, 0.6) is 0 Å². The Hall–Kier alpha value is 2.30. The van der Waals surface area contributed by atoms with Gasteiger partial charge in [-0.25, -0.2) is 0 Å². The van der Waals surface area contributed by atoms with Gasteiger partial charge >= 0.3 is 59.1 Å². The van der Waals surface area contributed by atoms with Crippen molar-refractivity contribution in [2.75, 3.05) is 13.2 Å². The summed E-state index contributed by atoms with van der Waals surface area (Å²) in [7, 11) is -5.00. The molecule has 0 spiro atoms. The Balaban J connectivity index is -0.0000000405. The third-order valence-electron chi connectivity index (χ3n) is 0.636. The van der Waals surface area contributed by atoms with Crippen molar-refractivity contribution in [3.63, 3.8) is 0 Å². The fourth-order valence-corrected chi connectivity index (χ4v) is 0.585. The maximum atomic E-state index is 9.71. The van der Waals surface area contributed by atoms with Crippen molar-refractivity contribution in [1.82, 2.24) is 12.3 Å². The van der Waals surface area contributed by atoms with Gasteiger partial charge in [-0.3, -0.25) is 0 Å². The van der Waals surface area contributed by atoms with Crippen molar-refractivity contribution in [2.24, 2.45) is 0 Å². The van der Waals surface area contributed by atoms with Gasteiger partial charge in [0.1, 0.15) is 6.10 Å². The molecule has 86 valence electrons. The summed E-state index contributed by atoms with van der Waals surface area (Å²) in [5.41, 5.74) is 0. The second kappa shape index (κ2) is 18.7. The minimum Gasteiger partial charge on any atom is -2.00 e. The van der Waals surface area contributed by atoms with Crippen molar-refractivity contribution in [2.45, 2.75) is 6.10 Å². The molecular formula is C3H15N2Na2O6PS. The summed E-state index contributed by atoms with van der Waals surface area (Å²) in [5.74, 6) is 0. The van der Waals surface area contributed by atoms with E-state index in [0.29, 0.717) is 0 Å². The smallest absolute Gasteiger partial charge is 1.00 e. The van der Waals surface area contributed by atoms with Gasteiger partial charge in [0.15, 0.2) is 0 Å². The van der Waals surface area contributed by atoms with Gasteiger partial charge in [-0.05, 0) is 0 Å². The zero-order chi connectivity index (χ0) is 8.20. The van der Waals surface area contributed by atoms with Crippen molar-refractivity contribution >= 4 is 21.3 Å². The standard InChI is InChI=1S/C3H9O6P.2H3N.2Na.S/c4-1-3(5)2-9-10(6,7)8;;;;;/h3-5H,1-2H2,(H2,6,7,8);2*1H3;;;/q;;;2*+1;-2. The molecule has 0 fully saturated rings. The van der Waals surface area contributed by atoms with Crippen LogP contribution in [0.2, 0.25) is 0 Å². The molecule has 1 unspecified atom stereocenters. The number of hydrogen-bond acceptors (Lipinski definition) is 6. The van der Waals surface area contributed by atoms with E-state index in [1.807, 2.05) is 0 Å². The van der Waals surface area contributed by atoms with Crippen LogP contribution in [0.3, 0.4) is 0 Å². The van der Waals surface area contributed by atoms with Crippen molar-refractivity contribution in [1.29, 1.82) is 0 Å². The summed E-state index contributed by atoms with van der Waals surface area (Å²) in [6, 6.07) is 0. The molecule has 15 heavy (non-hydrogen) atoms. The molecule has 0 radical (unpaired) electrons. The molecule has 10 N–H and O–H groups in total. The summed E-state index contributed by atoms with van der Waals surface area (Å²) in [6.45, 7) is -1.33. The van der Waals surface area contributed by atoms with Crippen LogP contribution < -0.4 is 81.2 Å². The molecule has 12 heteroatoms. The van der Waals surface area contributed by atoms with Crippen LogP contribution in [0.1, 0.15) is 0 Å². The Morgan fingerprint density at radius 1 is 1.27 bits per heavy atom. The number of quaternary nitrogens is 2. The van der Waals surface area contributed by atoms with Gasteiger partial charge in [0.25, 0.3) is 0 Å². The molecule has 0 aromatic rings. The van der Waals surface area contributed by atoms with E-state index in [-0.39, 0.29) is 84.9 Å². The molecular weight excluding hydrogens is 269 g/mol. The largest absolute Gasteiger partial charge is 2.00 e. The number of phosphoric ester groups is 1. The molecule has 8 nitrogen and oxygen atoms in total. The van der Waals surface area contributed by atoms with Crippen molar-refractivity contribution < 1.29 is 88.2 Å². The van der Waals surface area contributed by atoms with Gasteiger partial charge in [0.05, 0.1) is 21.0 Å². The predicted molar refractivity (Wildman–Crippen MR) is 46.0 cm³/mol. The minimum absolute atomic E-state index is 0. The third-order valence-corrected chi connectivity index (χ3v) is 1.10. The number of hydrogen-bond donors (Lipinski definition) is 4. The number of rotatable bonds is 4. The number of phosphoric acid groups is 1. The Bertz CT molecular complexity index is 150. The van der Waals surface area contributed by atoms with Gasteiger partial charge in [-0.1, -0.05) is 0 Å². The number of aliphatic hydroxyl groups excluding tert-OH is 2. The van der Waals surface area contributed by atoms with Crippen LogP contribution >= 0.6 is 7.82 Å². The predicted octanol–water partition coefficient (Wildman–Crippen LogP) is -8.06. The van der Waals surface area contributed by atoms with Crippen molar-refractivity contribution in [3.05, 3.63) is 0 Å². The number of aliphatic hydroxyl groups is 2. The molecule has 0 aromatic heterocycles. The zero-order valence-corrected chi connectivity index (χ0v) is 15.1. The fourth-order valence-electron chi connectivity index (χ4n) is 0.230. The first-order chi connectivity index (χ1) is 4.45. The van der Waals surface area contributed by atoms with Gasteiger partial charge in [-0.2, -0.15) is 0 Å². The monoisotopic (exact) mass is 284 g/mol. The molecule has 0 amide bonds. The molecule has 0 aromatic carbocycles. The van der Waals surface area contributed by atoms with Gasteiger partial charge < -0.3 is 54.9 Å². The normalized spacial score (nSPS) is 10.1. The van der Waals surface area contributed by atoms with E-state index in [0.717, 1.165) is 0 Å². The summed E-state index contributed by atoms with van der Waals surface area (Å²) >= 11 is 0. The minimum atomic E-state index is -5.00. The van der Waals surface area contributed by atoms with Crippen LogP contribution in [0.25, 0.3) is 0 Å². The van der Waals surface area contributed by atoms with Crippen LogP contribution in [-0.2, 0) is 22.6 Å². The Morgan fingerprint density at radius 2 is 1.60 bits per heavy atom. The van der Waals surface area contributed by atoms with Gasteiger partial charge in [-0.15, -0.1) is 0 Å². The average molecular weight is 284 g/mol. The van der Waals surface area contributed by atoms with E-state index >= 15 is 0 Å². The van der Waals surface area contributed by atoms with E-state index in [1.165, 1.54) is 0 Å². The SMILES string of the molecule is O=P([O-])([O-])OCC(O)CO.[NH4+].[NH4+].[Na+].[Na+].[S-2]. The van der Waals surface area contributed by atoms with Crippen LogP contribution in [0, 0.1) is 0 Å². The molecule has 0 bridgehead atoms. The molecule has 0 aliphatic carbocycles. The summed E-state index contributed by atoms with van der Waals surface area (Å²) in [6.07, 6.45) is -1.32. The second-order valence-corrected chi connectivity index (χ2v) is 2.73. The van der Waals surface area contributed by atoms with E-state index in [2.05, 4.69) is 4.52 Å². The maximum absolute atomic E-state index is 9.71. The molecule has 1 atom stereocenters. The first kappa shape index (κ1) is 36.0. The summed E-state index contributed by atoms with van der Waals surface area (Å²) in [5, 5.41) is 16.6. The Morgan fingerprint density at radius 3 is 1.80 bits per heavy atom.